The van der Waals surface area contributed by atoms with E-state index >= 15 is 0 Å². The van der Waals surface area contributed by atoms with E-state index in [9.17, 15) is 9.59 Å². The lowest BCUT2D eigenvalue weighted by Crippen LogP contribution is -2.53. The zero-order chi connectivity index (χ0) is 22.5. The Balaban J connectivity index is 2.19. The second-order valence-corrected chi connectivity index (χ2v) is 9.99. The summed E-state index contributed by atoms with van der Waals surface area (Å²) in [4.78, 5) is 27.2. The molecular weight excluding hydrogens is 538 g/mol. The molecular formula is C22H25Cl2IN2O3. The van der Waals surface area contributed by atoms with Crippen molar-refractivity contribution < 1.29 is 14.3 Å². The molecule has 0 heterocycles. The highest BCUT2D eigenvalue weighted by molar-refractivity contribution is 14.1. The molecule has 2 rings (SSSR count). The first-order valence-electron chi connectivity index (χ1n) is 9.40. The lowest BCUT2D eigenvalue weighted by atomic mass is 10.1. The molecule has 0 radical (unpaired) electrons. The van der Waals surface area contributed by atoms with Crippen molar-refractivity contribution in [2.45, 2.75) is 45.8 Å². The van der Waals surface area contributed by atoms with Crippen molar-refractivity contribution in [2.75, 3.05) is 6.61 Å². The van der Waals surface area contributed by atoms with E-state index in [2.05, 4.69) is 27.9 Å². The minimum absolute atomic E-state index is 0.185. The Morgan fingerprint density at radius 3 is 2.30 bits per heavy atom. The van der Waals surface area contributed by atoms with E-state index in [0.717, 1.165) is 9.13 Å². The number of nitrogens with zero attached hydrogens (tertiary/aromatic N) is 1. The minimum atomic E-state index is -0.702. The van der Waals surface area contributed by atoms with Gasteiger partial charge >= 0.3 is 0 Å². The van der Waals surface area contributed by atoms with E-state index in [1.54, 1.807) is 37.3 Å². The van der Waals surface area contributed by atoms with Crippen LogP contribution >= 0.6 is 45.8 Å². The van der Waals surface area contributed by atoms with Gasteiger partial charge in [-0.1, -0.05) is 29.3 Å². The molecule has 30 heavy (non-hydrogen) atoms. The summed E-state index contributed by atoms with van der Waals surface area (Å²) in [5.41, 5.74) is 0.351. The van der Waals surface area contributed by atoms with Gasteiger partial charge in [0, 0.05) is 15.7 Å². The molecule has 1 atom stereocenters. The number of ether oxygens (including phenoxy) is 1. The molecule has 0 unspecified atom stereocenters. The van der Waals surface area contributed by atoms with Crippen LogP contribution in [0.5, 0.6) is 5.75 Å². The molecule has 0 spiro atoms. The molecule has 0 bridgehead atoms. The van der Waals surface area contributed by atoms with Crippen molar-refractivity contribution in [3.63, 3.8) is 0 Å². The Morgan fingerprint density at radius 2 is 1.73 bits per heavy atom. The smallest absolute Gasteiger partial charge is 0.261 e. The van der Waals surface area contributed by atoms with Gasteiger partial charge in [0.2, 0.25) is 5.91 Å². The summed E-state index contributed by atoms with van der Waals surface area (Å²) in [7, 11) is 0. The molecule has 1 N–H and O–H groups in total. The van der Waals surface area contributed by atoms with Crippen LogP contribution < -0.4 is 10.1 Å². The second kappa shape index (κ2) is 10.7. The normalized spacial score (nSPS) is 12.2. The Bertz CT molecular complexity index is 898. The number of amides is 2. The van der Waals surface area contributed by atoms with E-state index in [1.165, 1.54) is 4.90 Å². The van der Waals surface area contributed by atoms with Crippen LogP contribution in [0.15, 0.2) is 42.5 Å². The van der Waals surface area contributed by atoms with Crippen LogP contribution in [-0.2, 0) is 16.1 Å². The van der Waals surface area contributed by atoms with E-state index in [0.29, 0.717) is 15.8 Å². The number of nitrogens with one attached hydrogen (secondary N) is 1. The van der Waals surface area contributed by atoms with Crippen LogP contribution in [0.2, 0.25) is 10.0 Å². The standard InChI is InChI=1S/C22H25Cl2IN2O3/c1-14(21(29)26-22(2,3)4)27(12-15-5-10-18(23)19(24)11-15)20(28)13-30-17-8-6-16(25)7-9-17/h5-11,14H,12-13H2,1-4H3,(H,26,29)/t14-/m1/s1. The second-order valence-electron chi connectivity index (χ2n) is 7.93. The Morgan fingerprint density at radius 1 is 1.10 bits per heavy atom. The zero-order valence-electron chi connectivity index (χ0n) is 17.3. The number of halogens is 3. The predicted molar refractivity (Wildman–Crippen MR) is 129 cm³/mol. The summed E-state index contributed by atoms with van der Waals surface area (Å²) >= 11 is 14.3. The van der Waals surface area contributed by atoms with Gasteiger partial charge in [0.1, 0.15) is 11.8 Å². The molecule has 2 amide bonds. The average Bonchev–Trinajstić information content (AvgIpc) is 2.66. The fourth-order valence-electron chi connectivity index (χ4n) is 2.65. The molecule has 8 heteroatoms. The van der Waals surface area contributed by atoms with Crippen molar-refractivity contribution in [1.82, 2.24) is 10.2 Å². The third-order valence-corrected chi connectivity index (χ3v) is 5.64. The van der Waals surface area contributed by atoms with Crippen molar-refractivity contribution in [2.24, 2.45) is 0 Å². The third-order valence-electron chi connectivity index (χ3n) is 4.18. The van der Waals surface area contributed by atoms with Crippen LogP contribution in [0.1, 0.15) is 33.3 Å². The number of hydrogen-bond donors (Lipinski definition) is 1. The van der Waals surface area contributed by atoms with Gasteiger partial charge in [0.15, 0.2) is 6.61 Å². The Kier molecular flexibility index (Phi) is 8.82. The summed E-state index contributed by atoms with van der Waals surface area (Å²) in [6.07, 6.45) is 0. The van der Waals surface area contributed by atoms with Crippen molar-refractivity contribution in [3.05, 3.63) is 61.6 Å². The maximum Gasteiger partial charge on any atom is 0.261 e. The molecule has 0 fully saturated rings. The fraction of sp³-hybridized carbons (Fsp3) is 0.364. The Labute approximate surface area is 201 Å². The van der Waals surface area contributed by atoms with Crippen molar-refractivity contribution >= 4 is 57.6 Å². The van der Waals surface area contributed by atoms with Gasteiger partial charge in [0.25, 0.3) is 5.91 Å². The quantitative estimate of drug-likeness (QED) is 0.465. The molecule has 0 saturated carbocycles. The summed E-state index contributed by atoms with van der Waals surface area (Å²) in [5, 5.41) is 3.74. The highest BCUT2D eigenvalue weighted by atomic mass is 127. The van der Waals surface area contributed by atoms with Gasteiger partial charge in [-0.3, -0.25) is 9.59 Å². The molecule has 0 aliphatic heterocycles. The van der Waals surface area contributed by atoms with Crippen molar-refractivity contribution in [3.8, 4) is 5.75 Å². The van der Waals surface area contributed by atoms with Crippen LogP contribution in [0, 0.1) is 3.57 Å². The summed E-state index contributed by atoms with van der Waals surface area (Å²) in [6, 6.07) is 11.8. The highest BCUT2D eigenvalue weighted by Gasteiger charge is 2.28. The maximum atomic E-state index is 13.0. The van der Waals surface area contributed by atoms with Gasteiger partial charge in [-0.05, 0) is 92.2 Å². The average molecular weight is 563 g/mol. The van der Waals surface area contributed by atoms with Gasteiger partial charge in [-0.25, -0.2) is 0 Å². The summed E-state index contributed by atoms with van der Waals surface area (Å²) in [6.45, 7) is 7.38. The van der Waals surface area contributed by atoms with Gasteiger partial charge in [-0.15, -0.1) is 0 Å². The van der Waals surface area contributed by atoms with Crippen molar-refractivity contribution in [1.29, 1.82) is 0 Å². The predicted octanol–water partition coefficient (Wildman–Crippen LogP) is 5.31. The number of rotatable bonds is 7. The van der Waals surface area contributed by atoms with Gasteiger partial charge < -0.3 is 15.0 Å². The summed E-state index contributed by atoms with van der Waals surface area (Å²) < 4.78 is 6.71. The van der Waals surface area contributed by atoms with Gasteiger partial charge in [0.05, 0.1) is 10.0 Å². The van der Waals surface area contributed by atoms with E-state index in [1.807, 2.05) is 32.9 Å². The number of carbonyl (C=O) groups excluding carboxylic acids is 2. The topological polar surface area (TPSA) is 58.6 Å². The SMILES string of the molecule is C[C@H](C(=O)NC(C)(C)C)N(Cc1ccc(Cl)c(Cl)c1)C(=O)COc1ccc(I)cc1. The first-order chi connectivity index (χ1) is 14.0. The monoisotopic (exact) mass is 562 g/mol. The number of benzene rings is 2. The van der Waals surface area contributed by atoms with E-state index in [4.69, 9.17) is 27.9 Å². The van der Waals surface area contributed by atoms with E-state index in [-0.39, 0.29) is 25.0 Å². The Hall–Kier alpha value is -1.51. The minimum Gasteiger partial charge on any atom is -0.484 e. The third kappa shape index (κ3) is 7.63. The first-order valence-corrected chi connectivity index (χ1v) is 11.2. The highest BCUT2D eigenvalue weighted by Crippen LogP contribution is 2.24. The van der Waals surface area contributed by atoms with Crippen LogP contribution in [0.3, 0.4) is 0 Å². The maximum absolute atomic E-state index is 13.0. The molecule has 2 aromatic carbocycles. The largest absolute Gasteiger partial charge is 0.484 e. The molecule has 0 aliphatic rings. The lowest BCUT2D eigenvalue weighted by molar-refractivity contribution is -0.142. The first kappa shape index (κ1) is 24.8. The number of hydrogen-bond acceptors (Lipinski definition) is 3. The van der Waals surface area contributed by atoms with Crippen LogP contribution in [0.4, 0.5) is 0 Å². The summed E-state index contributed by atoms with van der Waals surface area (Å²) in [5.74, 6) is 0.0337. The molecule has 5 nitrogen and oxygen atoms in total. The molecule has 2 aromatic rings. The molecule has 162 valence electrons. The van der Waals surface area contributed by atoms with Crippen LogP contribution in [-0.4, -0.2) is 34.9 Å². The number of carbonyl (C=O) groups is 2. The zero-order valence-corrected chi connectivity index (χ0v) is 21.0. The molecule has 0 aliphatic carbocycles. The van der Waals surface area contributed by atoms with Gasteiger partial charge in [-0.2, -0.15) is 0 Å². The molecule has 0 aromatic heterocycles. The van der Waals surface area contributed by atoms with Crippen LogP contribution in [0.25, 0.3) is 0 Å². The molecule has 0 saturated heterocycles. The fourth-order valence-corrected chi connectivity index (χ4v) is 3.33. The lowest BCUT2D eigenvalue weighted by Gasteiger charge is -2.31. The van der Waals surface area contributed by atoms with E-state index < -0.39 is 11.6 Å².